The van der Waals surface area contributed by atoms with Gasteiger partial charge in [-0.2, -0.15) is 13.2 Å². The van der Waals surface area contributed by atoms with Crippen LogP contribution in [0.3, 0.4) is 0 Å². The minimum atomic E-state index is -3.04. The topological polar surface area (TPSA) is 91.8 Å². The molecular formula is C17H17F2N3O4S. The van der Waals surface area contributed by atoms with Crippen LogP contribution in [0.1, 0.15) is 23.6 Å². The van der Waals surface area contributed by atoms with Gasteiger partial charge in [-0.1, -0.05) is 6.07 Å². The number of anilines is 1. The lowest BCUT2D eigenvalue weighted by Gasteiger charge is -2.16. The number of alkyl halides is 2. The number of hydrogen-bond donors (Lipinski definition) is 2. The van der Waals surface area contributed by atoms with E-state index in [1.807, 2.05) is 6.92 Å². The zero-order valence-electron chi connectivity index (χ0n) is 14.3. The second kappa shape index (κ2) is 7.87. The van der Waals surface area contributed by atoms with E-state index in [4.69, 9.17) is 0 Å². The number of rotatable bonds is 6. The van der Waals surface area contributed by atoms with Crippen molar-refractivity contribution >= 4 is 28.3 Å². The molecule has 1 aliphatic heterocycles. The standard InChI is InChI=1S/C17H17F2N3O4S/c1-9-4-15(27-21-9)20-14(24)8-22-7-11(6-16(22)25)10-2-3-13(12(23)5-10)26-17(18)19/h2-5,11,17,23H,6-8H2,1H3,(H,20,24)/t11-/m1/s1. The van der Waals surface area contributed by atoms with Crippen molar-refractivity contribution < 1.29 is 28.2 Å². The van der Waals surface area contributed by atoms with E-state index in [9.17, 15) is 23.5 Å². The normalized spacial score (nSPS) is 16.8. The Balaban J connectivity index is 1.61. The van der Waals surface area contributed by atoms with Crippen LogP contribution in [0.15, 0.2) is 24.3 Å². The molecule has 2 N–H and O–H groups in total. The van der Waals surface area contributed by atoms with Crippen LogP contribution in [0.4, 0.5) is 13.8 Å². The average Bonchev–Trinajstić information content (AvgIpc) is 3.15. The van der Waals surface area contributed by atoms with E-state index in [0.29, 0.717) is 17.1 Å². The number of amides is 2. The Labute approximate surface area is 157 Å². The molecule has 1 aromatic heterocycles. The lowest BCUT2D eigenvalue weighted by molar-refractivity contribution is -0.131. The summed E-state index contributed by atoms with van der Waals surface area (Å²) in [5, 5.41) is 13.1. The highest BCUT2D eigenvalue weighted by Crippen LogP contribution is 2.34. The summed E-state index contributed by atoms with van der Waals surface area (Å²) in [6.45, 7) is -1.02. The highest BCUT2D eigenvalue weighted by molar-refractivity contribution is 7.10. The largest absolute Gasteiger partial charge is 0.504 e. The molecule has 0 saturated carbocycles. The number of halogens is 2. The van der Waals surface area contributed by atoms with E-state index in [1.165, 1.54) is 23.1 Å². The third-order valence-corrected chi connectivity index (χ3v) is 4.91. The summed E-state index contributed by atoms with van der Waals surface area (Å²) in [4.78, 5) is 25.7. The molecule has 144 valence electrons. The van der Waals surface area contributed by atoms with Crippen molar-refractivity contribution in [2.45, 2.75) is 25.9 Å². The van der Waals surface area contributed by atoms with Crippen LogP contribution in [-0.2, 0) is 9.59 Å². The van der Waals surface area contributed by atoms with Gasteiger partial charge in [0.25, 0.3) is 0 Å². The summed E-state index contributed by atoms with van der Waals surface area (Å²) in [6, 6.07) is 5.81. The zero-order valence-corrected chi connectivity index (χ0v) is 15.1. The first-order valence-corrected chi connectivity index (χ1v) is 8.88. The minimum absolute atomic E-state index is 0.0924. The first kappa shape index (κ1) is 19.0. The maximum Gasteiger partial charge on any atom is 0.387 e. The number of aromatic nitrogens is 1. The Kier molecular flexibility index (Phi) is 5.54. The summed E-state index contributed by atoms with van der Waals surface area (Å²) in [5.41, 5.74) is 1.41. The predicted octanol–water partition coefficient (Wildman–Crippen LogP) is 2.71. The molecule has 0 unspecified atom stereocenters. The lowest BCUT2D eigenvalue weighted by atomic mass is 9.98. The molecule has 3 rings (SSSR count). The van der Waals surface area contributed by atoms with Crippen molar-refractivity contribution in [3.05, 3.63) is 35.5 Å². The third kappa shape index (κ3) is 4.70. The summed E-state index contributed by atoms with van der Waals surface area (Å²) in [7, 11) is 0. The molecule has 2 heterocycles. The van der Waals surface area contributed by atoms with Crippen molar-refractivity contribution in [1.82, 2.24) is 9.27 Å². The SMILES string of the molecule is Cc1cc(NC(=O)CN2C[C@H](c3ccc(OC(F)F)c(O)c3)CC2=O)sn1. The number of phenolic OH excluding ortho intramolecular Hbond substituents is 1. The number of ether oxygens (including phenoxy) is 1. The summed E-state index contributed by atoms with van der Waals surface area (Å²) in [5.74, 6) is -1.51. The quantitative estimate of drug-likeness (QED) is 0.782. The Bertz CT molecular complexity index is 858. The molecule has 1 atom stereocenters. The van der Waals surface area contributed by atoms with Crippen molar-refractivity contribution in [3.8, 4) is 11.5 Å². The number of benzene rings is 1. The number of carbonyl (C=O) groups excluding carboxylic acids is 2. The van der Waals surface area contributed by atoms with Crippen LogP contribution in [0.2, 0.25) is 0 Å². The van der Waals surface area contributed by atoms with Gasteiger partial charge in [0.15, 0.2) is 11.5 Å². The van der Waals surface area contributed by atoms with E-state index in [0.717, 1.165) is 17.2 Å². The monoisotopic (exact) mass is 397 g/mol. The molecule has 2 amide bonds. The number of aromatic hydroxyl groups is 1. The molecule has 1 aromatic carbocycles. The molecule has 0 spiro atoms. The van der Waals surface area contributed by atoms with Gasteiger partial charge in [0.05, 0.1) is 12.2 Å². The smallest absolute Gasteiger partial charge is 0.387 e. The summed E-state index contributed by atoms with van der Waals surface area (Å²) in [6.07, 6.45) is 0.168. The maximum atomic E-state index is 12.3. The number of aryl methyl sites for hydroxylation is 1. The van der Waals surface area contributed by atoms with Gasteiger partial charge in [-0.25, -0.2) is 0 Å². The molecule has 10 heteroatoms. The average molecular weight is 397 g/mol. The second-order valence-electron chi connectivity index (χ2n) is 6.16. The van der Waals surface area contributed by atoms with Gasteiger partial charge in [0, 0.05) is 18.9 Å². The minimum Gasteiger partial charge on any atom is -0.504 e. The van der Waals surface area contributed by atoms with E-state index in [2.05, 4.69) is 14.4 Å². The Hall–Kier alpha value is -2.75. The molecule has 1 aliphatic rings. The molecular weight excluding hydrogens is 380 g/mol. The molecule has 0 radical (unpaired) electrons. The Morgan fingerprint density at radius 1 is 1.48 bits per heavy atom. The first-order chi connectivity index (χ1) is 12.8. The van der Waals surface area contributed by atoms with Crippen molar-refractivity contribution in [1.29, 1.82) is 0 Å². The number of nitrogens with one attached hydrogen (secondary N) is 1. The van der Waals surface area contributed by atoms with Crippen molar-refractivity contribution in [3.63, 3.8) is 0 Å². The number of hydrogen-bond acceptors (Lipinski definition) is 6. The maximum absolute atomic E-state index is 12.3. The van der Waals surface area contributed by atoms with Gasteiger partial charge in [-0.05, 0) is 42.2 Å². The van der Waals surface area contributed by atoms with Gasteiger partial charge < -0.3 is 20.1 Å². The van der Waals surface area contributed by atoms with Crippen molar-refractivity contribution in [2.24, 2.45) is 0 Å². The van der Waals surface area contributed by atoms with Gasteiger partial charge in [0.1, 0.15) is 5.00 Å². The lowest BCUT2D eigenvalue weighted by Crippen LogP contribution is -2.34. The van der Waals surface area contributed by atoms with Crippen LogP contribution in [0.5, 0.6) is 11.5 Å². The van der Waals surface area contributed by atoms with Crippen LogP contribution < -0.4 is 10.1 Å². The van der Waals surface area contributed by atoms with Crippen molar-refractivity contribution in [2.75, 3.05) is 18.4 Å². The molecule has 7 nitrogen and oxygen atoms in total. The Morgan fingerprint density at radius 3 is 2.89 bits per heavy atom. The van der Waals surface area contributed by atoms with Gasteiger partial charge in [-0.15, -0.1) is 0 Å². The number of nitrogens with zero attached hydrogens (tertiary/aromatic N) is 2. The fraction of sp³-hybridized carbons (Fsp3) is 0.353. The highest BCUT2D eigenvalue weighted by atomic mass is 32.1. The second-order valence-corrected chi connectivity index (χ2v) is 6.97. The van der Waals surface area contributed by atoms with Crippen LogP contribution in [-0.4, -0.2) is 45.9 Å². The molecule has 2 aromatic rings. The molecule has 27 heavy (non-hydrogen) atoms. The number of likely N-dealkylation sites (tertiary alicyclic amines) is 1. The number of carbonyl (C=O) groups is 2. The first-order valence-electron chi connectivity index (χ1n) is 8.10. The zero-order chi connectivity index (χ0) is 19.6. The van der Waals surface area contributed by atoms with Crippen LogP contribution in [0.25, 0.3) is 0 Å². The van der Waals surface area contributed by atoms with Crippen LogP contribution >= 0.6 is 11.5 Å². The van der Waals surface area contributed by atoms with E-state index < -0.39 is 12.4 Å². The van der Waals surface area contributed by atoms with E-state index >= 15 is 0 Å². The fourth-order valence-electron chi connectivity index (χ4n) is 2.91. The van der Waals surface area contributed by atoms with Gasteiger partial charge in [0.2, 0.25) is 11.8 Å². The summed E-state index contributed by atoms with van der Waals surface area (Å²) < 4.78 is 32.8. The molecule has 0 aliphatic carbocycles. The molecule has 1 saturated heterocycles. The van der Waals surface area contributed by atoms with Gasteiger partial charge >= 0.3 is 6.61 Å². The molecule has 0 bridgehead atoms. The van der Waals surface area contributed by atoms with Gasteiger partial charge in [-0.3, -0.25) is 9.59 Å². The summed E-state index contributed by atoms with van der Waals surface area (Å²) >= 11 is 1.16. The Morgan fingerprint density at radius 2 is 2.26 bits per heavy atom. The highest BCUT2D eigenvalue weighted by Gasteiger charge is 2.32. The third-order valence-electron chi connectivity index (χ3n) is 4.11. The van der Waals surface area contributed by atoms with E-state index in [-0.39, 0.29) is 36.4 Å². The predicted molar refractivity (Wildman–Crippen MR) is 94.2 cm³/mol. The fourth-order valence-corrected chi connectivity index (χ4v) is 3.58. The van der Waals surface area contributed by atoms with E-state index in [1.54, 1.807) is 6.07 Å². The molecule has 1 fully saturated rings. The number of phenols is 1. The van der Waals surface area contributed by atoms with Crippen LogP contribution in [0, 0.1) is 6.92 Å².